The van der Waals surface area contributed by atoms with Crippen LogP contribution >= 0.6 is 0 Å². The number of carbonyl (C=O) groups excluding carboxylic acids is 2. The Hall–Kier alpha value is -3.56. The van der Waals surface area contributed by atoms with Gasteiger partial charge in [0.1, 0.15) is 11.4 Å². The van der Waals surface area contributed by atoms with E-state index in [-0.39, 0.29) is 23.2 Å². The van der Waals surface area contributed by atoms with Crippen LogP contribution in [0.1, 0.15) is 54.9 Å². The SMILES string of the molecule is CCCCOC(=O)NCC1CCCCN1c1nc(N)c(C(=O)OC)c(Nc2cccc(C)c2)n1. The minimum absolute atomic E-state index is 0.0253. The third-order valence-corrected chi connectivity index (χ3v) is 5.69. The number of piperidine rings is 1. The van der Waals surface area contributed by atoms with E-state index < -0.39 is 12.1 Å². The molecule has 1 fully saturated rings. The highest BCUT2D eigenvalue weighted by atomic mass is 16.5. The molecule has 4 N–H and O–H groups in total. The molecule has 184 valence electrons. The number of rotatable bonds is 9. The Balaban J connectivity index is 1.85. The Bertz CT molecular complexity index is 999. The van der Waals surface area contributed by atoms with Crippen LogP contribution in [0.25, 0.3) is 0 Å². The van der Waals surface area contributed by atoms with E-state index in [2.05, 4.69) is 20.6 Å². The van der Waals surface area contributed by atoms with Crippen LogP contribution in [0.15, 0.2) is 24.3 Å². The summed E-state index contributed by atoms with van der Waals surface area (Å²) < 4.78 is 10.1. The summed E-state index contributed by atoms with van der Waals surface area (Å²) in [7, 11) is 1.29. The summed E-state index contributed by atoms with van der Waals surface area (Å²) in [4.78, 5) is 35.6. The maximum atomic E-state index is 12.5. The average Bonchev–Trinajstić information content (AvgIpc) is 2.82. The second kappa shape index (κ2) is 12.1. The molecule has 10 heteroatoms. The molecule has 1 aliphatic rings. The van der Waals surface area contributed by atoms with Crippen LogP contribution in [0.5, 0.6) is 0 Å². The second-order valence-corrected chi connectivity index (χ2v) is 8.33. The van der Waals surface area contributed by atoms with Gasteiger partial charge in [0.25, 0.3) is 0 Å². The largest absolute Gasteiger partial charge is 0.465 e. The Morgan fingerprint density at radius 3 is 2.82 bits per heavy atom. The fraction of sp³-hybridized carbons (Fsp3) is 0.500. The third kappa shape index (κ3) is 6.49. The summed E-state index contributed by atoms with van der Waals surface area (Å²) >= 11 is 0. The van der Waals surface area contributed by atoms with Crippen molar-refractivity contribution in [2.45, 2.75) is 52.0 Å². The lowest BCUT2D eigenvalue weighted by atomic mass is 10.0. The van der Waals surface area contributed by atoms with Gasteiger partial charge >= 0.3 is 12.1 Å². The van der Waals surface area contributed by atoms with Crippen LogP contribution < -0.4 is 21.3 Å². The number of ether oxygens (including phenoxy) is 2. The highest BCUT2D eigenvalue weighted by Crippen LogP contribution is 2.29. The van der Waals surface area contributed by atoms with Crippen LogP contribution in [-0.4, -0.2) is 54.9 Å². The standard InChI is InChI=1S/C24H34N6O4/c1-4-5-13-34-24(32)26-15-18-11-6-7-12-30(18)23-28-20(25)19(22(31)33-3)21(29-23)27-17-10-8-9-16(2)14-17/h8-10,14,18H,4-7,11-13,15H2,1-3H3,(H,26,32)(H3,25,27,28,29). The number of amides is 1. The lowest BCUT2D eigenvalue weighted by Crippen LogP contribution is -2.47. The zero-order valence-electron chi connectivity index (χ0n) is 20.1. The minimum atomic E-state index is -0.620. The summed E-state index contributed by atoms with van der Waals surface area (Å²) in [6.07, 6.45) is 4.21. The van der Waals surface area contributed by atoms with Crippen LogP contribution in [0.2, 0.25) is 0 Å². The fourth-order valence-electron chi connectivity index (χ4n) is 3.89. The van der Waals surface area contributed by atoms with Gasteiger partial charge < -0.3 is 30.7 Å². The minimum Gasteiger partial charge on any atom is -0.465 e. The van der Waals surface area contributed by atoms with Gasteiger partial charge in [-0.1, -0.05) is 25.5 Å². The molecule has 1 unspecified atom stereocenters. The summed E-state index contributed by atoms with van der Waals surface area (Å²) in [5.41, 5.74) is 8.12. The molecule has 0 bridgehead atoms. The normalized spacial score (nSPS) is 15.5. The molecule has 1 atom stereocenters. The third-order valence-electron chi connectivity index (χ3n) is 5.69. The van der Waals surface area contributed by atoms with E-state index in [1.165, 1.54) is 7.11 Å². The predicted molar refractivity (Wildman–Crippen MR) is 131 cm³/mol. The van der Waals surface area contributed by atoms with Crippen LogP contribution in [0.4, 0.5) is 28.1 Å². The van der Waals surface area contributed by atoms with Gasteiger partial charge in [0, 0.05) is 24.8 Å². The molecule has 3 rings (SSSR count). The maximum Gasteiger partial charge on any atom is 0.407 e. The Labute approximate surface area is 200 Å². The number of nitrogen functional groups attached to an aromatic ring is 1. The molecule has 0 radical (unpaired) electrons. The molecule has 2 heterocycles. The number of benzene rings is 1. The number of carbonyl (C=O) groups is 2. The van der Waals surface area contributed by atoms with Gasteiger partial charge in [-0.15, -0.1) is 0 Å². The fourth-order valence-corrected chi connectivity index (χ4v) is 3.89. The quantitative estimate of drug-likeness (QED) is 0.370. The van der Waals surface area contributed by atoms with Gasteiger partial charge in [-0.05, 0) is 50.3 Å². The molecule has 0 saturated carbocycles. The first-order chi connectivity index (χ1) is 16.4. The number of anilines is 4. The molecule has 2 aromatic rings. The van der Waals surface area contributed by atoms with Crippen molar-refractivity contribution < 1.29 is 19.1 Å². The van der Waals surface area contributed by atoms with Crippen LogP contribution in [0.3, 0.4) is 0 Å². The molecular formula is C24H34N6O4. The number of aromatic nitrogens is 2. The first-order valence-electron chi connectivity index (χ1n) is 11.7. The molecule has 1 aromatic heterocycles. The number of aryl methyl sites for hydroxylation is 1. The molecule has 34 heavy (non-hydrogen) atoms. The number of nitrogens with one attached hydrogen (secondary N) is 2. The average molecular weight is 471 g/mol. The van der Waals surface area contributed by atoms with E-state index in [0.717, 1.165) is 43.4 Å². The van der Waals surface area contributed by atoms with E-state index in [9.17, 15) is 9.59 Å². The summed E-state index contributed by atoms with van der Waals surface area (Å²) in [6.45, 7) is 5.52. The van der Waals surface area contributed by atoms with Gasteiger partial charge in [-0.2, -0.15) is 9.97 Å². The van der Waals surface area contributed by atoms with Crippen molar-refractivity contribution in [2.24, 2.45) is 0 Å². The van der Waals surface area contributed by atoms with Gasteiger partial charge in [0.05, 0.1) is 13.7 Å². The van der Waals surface area contributed by atoms with Crippen molar-refractivity contribution in [3.8, 4) is 0 Å². The molecule has 1 saturated heterocycles. The predicted octanol–water partition coefficient (Wildman–Crippen LogP) is 3.78. The van der Waals surface area contributed by atoms with Crippen molar-refractivity contribution in [3.05, 3.63) is 35.4 Å². The molecule has 1 aromatic carbocycles. The number of nitrogens with two attached hydrogens (primary N) is 1. The molecule has 1 amide bonds. The number of esters is 1. The van der Waals surface area contributed by atoms with E-state index in [0.29, 0.717) is 25.6 Å². The van der Waals surface area contributed by atoms with Gasteiger partial charge in [0.15, 0.2) is 5.82 Å². The first-order valence-corrected chi connectivity index (χ1v) is 11.7. The highest BCUT2D eigenvalue weighted by Gasteiger charge is 2.28. The number of hydrogen-bond donors (Lipinski definition) is 3. The number of nitrogens with zero attached hydrogens (tertiary/aromatic N) is 3. The summed E-state index contributed by atoms with van der Waals surface area (Å²) in [5.74, 6) is 0.0801. The van der Waals surface area contributed by atoms with Crippen molar-refractivity contribution in [3.63, 3.8) is 0 Å². The smallest absolute Gasteiger partial charge is 0.407 e. The van der Waals surface area contributed by atoms with Crippen molar-refractivity contribution in [1.29, 1.82) is 0 Å². The summed E-state index contributed by atoms with van der Waals surface area (Å²) in [5, 5.41) is 6.04. The Morgan fingerprint density at radius 1 is 1.26 bits per heavy atom. The Morgan fingerprint density at radius 2 is 2.09 bits per heavy atom. The van der Waals surface area contributed by atoms with Gasteiger partial charge in [-0.25, -0.2) is 9.59 Å². The number of methoxy groups -OCH3 is 1. The molecule has 0 spiro atoms. The lowest BCUT2D eigenvalue weighted by Gasteiger charge is -2.36. The van der Waals surface area contributed by atoms with Gasteiger partial charge in [-0.3, -0.25) is 0 Å². The van der Waals surface area contributed by atoms with Crippen molar-refractivity contribution >= 4 is 35.3 Å². The van der Waals surface area contributed by atoms with Crippen molar-refractivity contribution in [1.82, 2.24) is 15.3 Å². The maximum absolute atomic E-state index is 12.5. The lowest BCUT2D eigenvalue weighted by molar-refractivity contribution is 0.0602. The highest BCUT2D eigenvalue weighted by molar-refractivity contribution is 6.00. The molecule has 1 aliphatic heterocycles. The number of unbranched alkanes of at least 4 members (excludes halogenated alkanes) is 1. The van der Waals surface area contributed by atoms with Crippen LogP contribution in [0, 0.1) is 6.92 Å². The molecule has 10 nitrogen and oxygen atoms in total. The van der Waals surface area contributed by atoms with E-state index in [4.69, 9.17) is 15.2 Å². The Kier molecular flexibility index (Phi) is 8.89. The van der Waals surface area contributed by atoms with E-state index in [1.54, 1.807) is 0 Å². The topological polar surface area (TPSA) is 132 Å². The zero-order chi connectivity index (χ0) is 24.5. The number of alkyl carbamates (subject to hydrolysis) is 1. The zero-order valence-corrected chi connectivity index (χ0v) is 20.1. The van der Waals surface area contributed by atoms with E-state index >= 15 is 0 Å². The first kappa shape index (κ1) is 25.1. The molecule has 0 aliphatic carbocycles. The summed E-state index contributed by atoms with van der Waals surface area (Å²) in [6, 6.07) is 7.68. The second-order valence-electron chi connectivity index (χ2n) is 8.33. The van der Waals surface area contributed by atoms with Crippen molar-refractivity contribution in [2.75, 3.05) is 42.8 Å². The van der Waals surface area contributed by atoms with Gasteiger partial charge in [0.2, 0.25) is 5.95 Å². The van der Waals surface area contributed by atoms with E-state index in [1.807, 2.05) is 43.0 Å². The monoisotopic (exact) mass is 470 g/mol. The molecular weight excluding hydrogens is 436 g/mol. The number of hydrogen-bond acceptors (Lipinski definition) is 9. The van der Waals surface area contributed by atoms with Crippen LogP contribution in [-0.2, 0) is 9.47 Å².